The van der Waals surface area contributed by atoms with Gasteiger partial charge in [-0.3, -0.25) is 4.90 Å². The van der Waals surface area contributed by atoms with Crippen LogP contribution in [0.4, 0.5) is 0 Å². The molecule has 0 aromatic rings. The van der Waals surface area contributed by atoms with Crippen molar-refractivity contribution in [2.45, 2.75) is 45.1 Å². The van der Waals surface area contributed by atoms with Gasteiger partial charge in [0, 0.05) is 6.04 Å². The van der Waals surface area contributed by atoms with Crippen LogP contribution >= 0.6 is 0 Å². The number of nitriles is 3. The summed E-state index contributed by atoms with van der Waals surface area (Å²) in [6.45, 7) is 2.66. The predicted octanol–water partition coefficient (Wildman–Crippen LogP) is 2.44. The SMILES string of the molecule is CCCC1CCC(C#N)C(N(CC#N)CC#N)C1. The molecular weight excluding hydrogens is 224 g/mol. The summed E-state index contributed by atoms with van der Waals surface area (Å²) in [6, 6.07) is 6.65. The first-order chi connectivity index (χ1) is 8.76. The third-order valence-corrected chi connectivity index (χ3v) is 3.80. The quantitative estimate of drug-likeness (QED) is 0.696. The third kappa shape index (κ3) is 3.73. The van der Waals surface area contributed by atoms with Gasteiger partial charge in [0.2, 0.25) is 0 Å². The lowest BCUT2D eigenvalue weighted by Gasteiger charge is -2.38. The van der Waals surface area contributed by atoms with E-state index < -0.39 is 0 Å². The summed E-state index contributed by atoms with van der Waals surface area (Å²) in [5.74, 6) is 0.615. The molecule has 0 radical (unpaired) electrons. The van der Waals surface area contributed by atoms with E-state index in [1.54, 1.807) is 0 Å². The molecule has 1 aliphatic carbocycles. The topological polar surface area (TPSA) is 74.6 Å². The second-order valence-corrected chi connectivity index (χ2v) is 4.99. The van der Waals surface area contributed by atoms with Gasteiger partial charge in [-0.25, -0.2) is 0 Å². The van der Waals surface area contributed by atoms with Crippen molar-refractivity contribution >= 4 is 0 Å². The van der Waals surface area contributed by atoms with E-state index in [1.165, 1.54) is 6.42 Å². The highest BCUT2D eigenvalue weighted by molar-refractivity contribution is 5.00. The molecule has 1 saturated carbocycles. The van der Waals surface area contributed by atoms with Gasteiger partial charge < -0.3 is 0 Å². The van der Waals surface area contributed by atoms with Crippen LogP contribution in [0.3, 0.4) is 0 Å². The normalized spacial score (nSPS) is 27.2. The Bertz CT molecular complexity index is 355. The fraction of sp³-hybridized carbons (Fsp3) is 0.786. The van der Waals surface area contributed by atoms with Crippen LogP contribution in [0.1, 0.15) is 39.0 Å². The van der Waals surface area contributed by atoms with E-state index in [1.807, 2.05) is 4.90 Å². The van der Waals surface area contributed by atoms with Crippen LogP contribution in [-0.4, -0.2) is 24.0 Å². The maximum atomic E-state index is 9.22. The lowest BCUT2D eigenvalue weighted by Crippen LogP contribution is -2.44. The highest BCUT2D eigenvalue weighted by Crippen LogP contribution is 2.34. The fourth-order valence-electron chi connectivity index (χ4n) is 2.93. The molecule has 1 aliphatic rings. The van der Waals surface area contributed by atoms with E-state index >= 15 is 0 Å². The van der Waals surface area contributed by atoms with E-state index in [-0.39, 0.29) is 25.0 Å². The summed E-state index contributed by atoms with van der Waals surface area (Å²) in [7, 11) is 0. The molecule has 0 bridgehead atoms. The van der Waals surface area contributed by atoms with E-state index in [9.17, 15) is 5.26 Å². The smallest absolute Gasteiger partial charge is 0.0877 e. The summed E-state index contributed by atoms with van der Waals surface area (Å²) in [5, 5.41) is 26.9. The molecule has 18 heavy (non-hydrogen) atoms. The Morgan fingerprint density at radius 3 is 2.28 bits per heavy atom. The largest absolute Gasteiger partial charge is 0.273 e. The fourth-order valence-corrected chi connectivity index (χ4v) is 2.93. The van der Waals surface area contributed by atoms with Crippen LogP contribution in [-0.2, 0) is 0 Å². The molecule has 4 heteroatoms. The first-order valence-corrected chi connectivity index (χ1v) is 6.64. The van der Waals surface area contributed by atoms with Gasteiger partial charge in [0.1, 0.15) is 0 Å². The van der Waals surface area contributed by atoms with Crippen LogP contribution in [0, 0.1) is 45.8 Å². The standard InChI is InChI=1S/C14H20N4/c1-2-3-12-4-5-13(11-17)14(10-12)18(8-6-15)9-7-16/h12-14H,2-5,8-10H2,1H3. The van der Waals surface area contributed by atoms with E-state index in [0.29, 0.717) is 5.92 Å². The Balaban J connectivity index is 2.75. The van der Waals surface area contributed by atoms with Crippen LogP contribution in [0.15, 0.2) is 0 Å². The molecule has 0 N–H and O–H groups in total. The van der Waals surface area contributed by atoms with E-state index in [2.05, 4.69) is 25.1 Å². The van der Waals surface area contributed by atoms with Crippen molar-refractivity contribution in [3.05, 3.63) is 0 Å². The first kappa shape index (κ1) is 14.5. The molecular formula is C14H20N4. The monoisotopic (exact) mass is 244 g/mol. The molecule has 1 rings (SSSR count). The van der Waals surface area contributed by atoms with Crippen molar-refractivity contribution in [3.63, 3.8) is 0 Å². The molecule has 0 heterocycles. The lowest BCUT2D eigenvalue weighted by molar-refractivity contribution is 0.122. The van der Waals surface area contributed by atoms with E-state index in [0.717, 1.165) is 25.7 Å². The predicted molar refractivity (Wildman–Crippen MR) is 67.9 cm³/mol. The van der Waals surface area contributed by atoms with Gasteiger partial charge in [0.05, 0.1) is 37.2 Å². The Morgan fingerprint density at radius 2 is 1.78 bits per heavy atom. The van der Waals surface area contributed by atoms with Crippen molar-refractivity contribution in [2.24, 2.45) is 11.8 Å². The molecule has 96 valence electrons. The number of nitrogens with zero attached hydrogens (tertiary/aromatic N) is 4. The highest BCUT2D eigenvalue weighted by atomic mass is 15.2. The Morgan fingerprint density at radius 1 is 1.11 bits per heavy atom. The number of rotatable bonds is 5. The Labute approximate surface area is 109 Å². The lowest BCUT2D eigenvalue weighted by atomic mass is 9.76. The van der Waals surface area contributed by atoms with Crippen molar-refractivity contribution in [3.8, 4) is 18.2 Å². The van der Waals surface area contributed by atoms with Crippen molar-refractivity contribution < 1.29 is 0 Å². The van der Waals surface area contributed by atoms with Crippen molar-refractivity contribution in [2.75, 3.05) is 13.1 Å². The van der Waals surface area contributed by atoms with Gasteiger partial charge >= 0.3 is 0 Å². The van der Waals surface area contributed by atoms with E-state index in [4.69, 9.17) is 10.5 Å². The third-order valence-electron chi connectivity index (χ3n) is 3.80. The second kappa shape index (κ2) is 7.70. The average Bonchev–Trinajstić information content (AvgIpc) is 2.39. The average molecular weight is 244 g/mol. The van der Waals surface area contributed by atoms with Crippen LogP contribution < -0.4 is 0 Å². The number of hydrogen-bond donors (Lipinski definition) is 0. The molecule has 3 atom stereocenters. The molecule has 0 spiro atoms. The molecule has 0 aromatic heterocycles. The van der Waals surface area contributed by atoms with Gasteiger partial charge in [-0.2, -0.15) is 15.8 Å². The van der Waals surface area contributed by atoms with Crippen molar-refractivity contribution in [1.29, 1.82) is 15.8 Å². The van der Waals surface area contributed by atoms with Crippen LogP contribution in [0.5, 0.6) is 0 Å². The van der Waals surface area contributed by atoms with Crippen LogP contribution in [0.25, 0.3) is 0 Å². The molecule has 0 aromatic carbocycles. The summed E-state index contributed by atoms with van der Waals surface area (Å²) in [6.07, 6.45) is 5.30. The maximum Gasteiger partial charge on any atom is 0.0877 e. The van der Waals surface area contributed by atoms with Gasteiger partial charge in [-0.05, 0) is 25.2 Å². The zero-order valence-corrected chi connectivity index (χ0v) is 11.0. The van der Waals surface area contributed by atoms with Crippen LogP contribution in [0.2, 0.25) is 0 Å². The first-order valence-electron chi connectivity index (χ1n) is 6.64. The van der Waals surface area contributed by atoms with Gasteiger partial charge in [-0.1, -0.05) is 19.8 Å². The summed E-state index contributed by atoms with van der Waals surface area (Å²) < 4.78 is 0. The molecule has 0 saturated heterocycles. The molecule has 3 unspecified atom stereocenters. The zero-order chi connectivity index (χ0) is 13.4. The summed E-state index contributed by atoms with van der Waals surface area (Å²) >= 11 is 0. The van der Waals surface area contributed by atoms with Gasteiger partial charge in [-0.15, -0.1) is 0 Å². The van der Waals surface area contributed by atoms with Gasteiger partial charge in [0.25, 0.3) is 0 Å². The molecule has 1 fully saturated rings. The summed E-state index contributed by atoms with van der Waals surface area (Å²) in [4.78, 5) is 1.87. The summed E-state index contributed by atoms with van der Waals surface area (Å²) in [5.41, 5.74) is 0. The molecule has 0 amide bonds. The molecule has 4 nitrogen and oxygen atoms in total. The van der Waals surface area contributed by atoms with Crippen molar-refractivity contribution in [1.82, 2.24) is 4.90 Å². The molecule has 0 aliphatic heterocycles. The van der Waals surface area contributed by atoms with Gasteiger partial charge in [0.15, 0.2) is 0 Å². The second-order valence-electron chi connectivity index (χ2n) is 4.99. The maximum absolute atomic E-state index is 9.22. The Hall–Kier alpha value is -1.57. The minimum atomic E-state index is -0.0280. The zero-order valence-electron chi connectivity index (χ0n) is 11.0. The number of hydrogen-bond acceptors (Lipinski definition) is 4. The highest BCUT2D eigenvalue weighted by Gasteiger charge is 2.33. The Kier molecular flexibility index (Phi) is 6.20. The minimum Gasteiger partial charge on any atom is -0.273 e. The minimum absolute atomic E-state index is 0.0280.